The number of nitrogens with one attached hydrogen (secondary N) is 2. The van der Waals surface area contributed by atoms with E-state index in [4.69, 9.17) is 0 Å². The second-order valence-electron chi connectivity index (χ2n) is 4.55. The minimum atomic E-state index is -0.252. The van der Waals surface area contributed by atoms with Crippen LogP contribution in [0.2, 0.25) is 0 Å². The number of aromatic nitrogens is 2. The number of likely N-dealkylation sites (N-methyl/N-ethyl adjacent to an activating group) is 1. The molecule has 1 aromatic carbocycles. The summed E-state index contributed by atoms with van der Waals surface area (Å²) in [6.07, 6.45) is 4.60. The third-order valence-electron chi connectivity index (χ3n) is 3.47. The van der Waals surface area contributed by atoms with Crippen LogP contribution in [0, 0.1) is 0 Å². The van der Waals surface area contributed by atoms with E-state index in [0.29, 0.717) is 0 Å². The first kappa shape index (κ1) is 11.9. The second kappa shape index (κ2) is 4.51. The van der Waals surface area contributed by atoms with Gasteiger partial charge in [-0.2, -0.15) is 0 Å². The average Bonchev–Trinajstić information content (AvgIpc) is 3.00. The van der Waals surface area contributed by atoms with Crippen molar-refractivity contribution in [3.05, 3.63) is 42.0 Å². The van der Waals surface area contributed by atoms with E-state index in [2.05, 4.69) is 22.5 Å². The highest BCUT2D eigenvalue weighted by Gasteiger charge is 2.29. The zero-order valence-corrected chi connectivity index (χ0v) is 11.0. The number of rotatable bonds is 3. The van der Waals surface area contributed by atoms with E-state index in [0.717, 1.165) is 29.2 Å². The maximum Gasteiger partial charge on any atom is 0.246 e. The molecule has 1 aromatic heterocycles. The maximum atomic E-state index is 11.8. The van der Waals surface area contributed by atoms with Crippen LogP contribution in [-0.2, 0) is 11.2 Å². The molecule has 5 heteroatoms. The fraction of sp³-hybridized carbons (Fsp3) is 0.286. The van der Waals surface area contributed by atoms with Crippen molar-refractivity contribution in [1.29, 1.82) is 0 Å². The van der Waals surface area contributed by atoms with Gasteiger partial charge in [0.1, 0.15) is 11.9 Å². The fourth-order valence-electron chi connectivity index (χ4n) is 2.52. The first-order chi connectivity index (χ1) is 9.24. The van der Waals surface area contributed by atoms with Gasteiger partial charge in [-0.25, -0.2) is 4.98 Å². The molecule has 0 saturated heterocycles. The number of carbonyl (C=O) groups is 1. The largest absolute Gasteiger partial charge is 0.324 e. The molecule has 3 rings (SSSR count). The number of amides is 1. The Balaban J connectivity index is 2.04. The second-order valence-corrected chi connectivity index (χ2v) is 4.55. The summed E-state index contributed by atoms with van der Waals surface area (Å²) in [5, 5.41) is 5.92. The van der Waals surface area contributed by atoms with Crippen molar-refractivity contribution >= 4 is 11.6 Å². The van der Waals surface area contributed by atoms with Crippen molar-refractivity contribution in [1.82, 2.24) is 14.9 Å². The van der Waals surface area contributed by atoms with Crippen molar-refractivity contribution in [2.24, 2.45) is 0 Å². The average molecular weight is 256 g/mol. The lowest BCUT2D eigenvalue weighted by molar-refractivity contribution is -0.117. The molecule has 19 heavy (non-hydrogen) atoms. The van der Waals surface area contributed by atoms with Crippen LogP contribution in [0.15, 0.2) is 30.6 Å². The predicted molar refractivity (Wildman–Crippen MR) is 73.4 cm³/mol. The lowest BCUT2D eigenvalue weighted by atomic mass is 10.1. The molecule has 1 amide bonds. The number of nitrogens with zero attached hydrogens (tertiary/aromatic N) is 2. The molecule has 1 aliphatic rings. The van der Waals surface area contributed by atoms with E-state index in [1.165, 1.54) is 0 Å². The Morgan fingerprint density at radius 2 is 2.32 bits per heavy atom. The quantitative estimate of drug-likeness (QED) is 0.877. The van der Waals surface area contributed by atoms with Crippen molar-refractivity contribution in [3.63, 3.8) is 0 Å². The van der Waals surface area contributed by atoms with Crippen LogP contribution in [0.25, 0.3) is 5.69 Å². The number of imidazole rings is 1. The van der Waals surface area contributed by atoms with Gasteiger partial charge in [0.25, 0.3) is 0 Å². The highest BCUT2D eigenvalue weighted by atomic mass is 16.2. The summed E-state index contributed by atoms with van der Waals surface area (Å²) in [5.41, 5.74) is 2.89. The molecule has 1 aliphatic heterocycles. The van der Waals surface area contributed by atoms with Gasteiger partial charge in [0.15, 0.2) is 0 Å². The minimum absolute atomic E-state index is 0.00371. The zero-order valence-electron chi connectivity index (χ0n) is 11.0. The SMILES string of the molecule is CCc1nccn1-c1ccc2c(c1)NC(=O)C2NC. The van der Waals surface area contributed by atoms with Gasteiger partial charge in [0, 0.05) is 35.8 Å². The lowest BCUT2D eigenvalue weighted by Gasteiger charge is -2.10. The summed E-state index contributed by atoms with van der Waals surface area (Å²) in [6.45, 7) is 2.07. The third-order valence-corrected chi connectivity index (χ3v) is 3.47. The van der Waals surface area contributed by atoms with E-state index in [1.807, 2.05) is 29.0 Å². The number of hydrogen-bond donors (Lipinski definition) is 2. The molecule has 0 spiro atoms. The number of anilines is 1. The Morgan fingerprint density at radius 1 is 1.47 bits per heavy atom. The molecule has 0 fully saturated rings. The predicted octanol–water partition coefficient (Wildman–Crippen LogP) is 1.65. The normalized spacial score (nSPS) is 17.4. The van der Waals surface area contributed by atoms with E-state index in [-0.39, 0.29) is 11.9 Å². The molecule has 98 valence electrons. The summed E-state index contributed by atoms with van der Waals surface area (Å²) < 4.78 is 2.04. The number of hydrogen-bond acceptors (Lipinski definition) is 3. The molecule has 0 bridgehead atoms. The van der Waals surface area contributed by atoms with Crippen LogP contribution < -0.4 is 10.6 Å². The molecule has 0 aliphatic carbocycles. The Labute approximate surface area is 111 Å². The van der Waals surface area contributed by atoms with Crippen LogP contribution >= 0.6 is 0 Å². The molecule has 1 unspecified atom stereocenters. The van der Waals surface area contributed by atoms with Gasteiger partial charge in [0.05, 0.1) is 0 Å². The molecule has 5 nitrogen and oxygen atoms in total. The molecule has 1 atom stereocenters. The molecule has 2 heterocycles. The molecule has 0 saturated carbocycles. The summed E-state index contributed by atoms with van der Waals surface area (Å²) in [5.74, 6) is 1.01. The van der Waals surface area contributed by atoms with Gasteiger partial charge >= 0.3 is 0 Å². The molecule has 2 N–H and O–H groups in total. The minimum Gasteiger partial charge on any atom is -0.324 e. The Morgan fingerprint density at radius 3 is 3.05 bits per heavy atom. The van der Waals surface area contributed by atoms with Crippen molar-refractivity contribution in [2.75, 3.05) is 12.4 Å². The van der Waals surface area contributed by atoms with Gasteiger partial charge in [-0.1, -0.05) is 13.0 Å². The van der Waals surface area contributed by atoms with Crippen LogP contribution in [0.3, 0.4) is 0 Å². The van der Waals surface area contributed by atoms with E-state index in [1.54, 1.807) is 13.2 Å². The monoisotopic (exact) mass is 256 g/mol. The maximum absolute atomic E-state index is 11.8. The van der Waals surface area contributed by atoms with E-state index < -0.39 is 0 Å². The highest BCUT2D eigenvalue weighted by molar-refractivity contribution is 6.02. The zero-order chi connectivity index (χ0) is 13.4. The molecule has 2 aromatic rings. The van der Waals surface area contributed by atoms with Crippen molar-refractivity contribution in [3.8, 4) is 5.69 Å². The number of aryl methyl sites for hydroxylation is 1. The Kier molecular flexibility index (Phi) is 2.83. The fourth-order valence-corrected chi connectivity index (χ4v) is 2.52. The van der Waals surface area contributed by atoms with Crippen LogP contribution in [0.5, 0.6) is 0 Å². The van der Waals surface area contributed by atoms with E-state index >= 15 is 0 Å². The van der Waals surface area contributed by atoms with Crippen molar-refractivity contribution in [2.45, 2.75) is 19.4 Å². The lowest BCUT2D eigenvalue weighted by Crippen LogP contribution is -2.23. The molecule has 0 radical (unpaired) electrons. The summed E-state index contributed by atoms with van der Waals surface area (Å²) in [7, 11) is 1.79. The summed E-state index contributed by atoms with van der Waals surface area (Å²) in [4.78, 5) is 16.1. The van der Waals surface area contributed by atoms with Gasteiger partial charge in [-0.05, 0) is 19.2 Å². The molecular formula is C14H16N4O. The first-order valence-corrected chi connectivity index (χ1v) is 6.39. The topological polar surface area (TPSA) is 59.0 Å². The van der Waals surface area contributed by atoms with Crippen molar-refractivity contribution < 1.29 is 4.79 Å². The standard InChI is InChI=1S/C14H16N4O/c1-3-12-16-6-7-18(12)9-4-5-10-11(8-9)17-14(19)13(10)15-2/h4-8,13,15H,3H2,1-2H3,(H,17,19). The first-order valence-electron chi connectivity index (χ1n) is 6.39. The van der Waals surface area contributed by atoms with Gasteiger partial charge < -0.3 is 15.2 Å². The van der Waals surface area contributed by atoms with Gasteiger partial charge in [-0.15, -0.1) is 0 Å². The number of carbonyl (C=O) groups excluding carboxylic acids is 1. The van der Waals surface area contributed by atoms with Crippen LogP contribution in [-0.4, -0.2) is 22.5 Å². The Bertz CT molecular complexity index is 632. The third kappa shape index (κ3) is 1.82. The number of fused-ring (bicyclic) bond motifs is 1. The highest BCUT2D eigenvalue weighted by Crippen LogP contribution is 2.32. The number of benzene rings is 1. The van der Waals surface area contributed by atoms with Crippen LogP contribution in [0.1, 0.15) is 24.4 Å². The van der Waals surface area contributed by atoms with Crippen LogP contribution in [0.4, 0.5) is 5.69 Å². The summed E-state index contributed by atoms with van der Waals surface area (Å²) >= 11 is 0. The smallest absolute Gasteiger partial charge is 0.246 e. The van der Waals surface area contributed by atoms with Gasteiger partial charge in [-0.3, -0.25) is 4.79 Å². The Hall–Kier alpha value is -2.14. The molecular weight excluding hydrogens is 240 g/mol. The van der Waals surface area contributed by atoms with Gasteiger partial charge in [0.2, 0.25) is 5.91 Å². The summed E-state index contributed by atoms with van der Waals surface area (Å²) in [6, 6.07) is 5.75. The van der Waals surface area contributed by atoms with E-state index in [9.17, 15) is 4.79 Å².